The number of alkyl halides is 6. The van der Waals surface area contributed by atoms with E-state index in [9.17, 15) is 31.1 Å². The van der Waals surface area contributed by atoms with Crippen LogP contribution in [0.5, 0.6) is 0 Å². The highest BCUT2D eigenvalue weighted by atomic mass is 35.5. The molecule has 2 aromatic rings. The molecule has 1 aromatic carbocycles. The van der Waals surface area contributed by atoms with Crippen molar-refractivity contribution >= 4 is 46.3 Å². The molecule has 1 aromatic heterocycles. The number of carbonyl (C=O) groups excluding carboxylic acids is 1. The largest absolute Gasteiger partial charge is 0.443 e. The number of halogens is 8. The first-order valence-electron chi connectivity index (χ1n) is 7.17. The van der Waals surface area contributed by atoms with Crippen molar-refractivity contribution in [2.75, 3.05) is 5.32 Å². The maximum atomic E-state index is 12.7. The molecule has 0 saturated carbocycles. The van der Waals surface area contributed by atoms with Crippen LogP contribution < -0.4 is 16.4 Å². The minimum absolute atomic E-state index is 0.131. The Bertz CT molecular complexity index is 847. The number of nitrogens with two attached hydrogens (primary N) is 1. The van der Waals surface area contributed by atoms with Crippen LogP contribution in [0.1, 0.15) is 21.5 Å². The number of nitrogens with zero attached hydrogens (tertiary/aromatic N) is 1. The zero-order valence-corrected chi connectivity index (χ0v) is 15.7. The summed E-state index contributed by atoms with van der Waals surface area (Å²) in [7, 11) is 0. The number of amides is 2. The predicted molar refractivity (Wildman–Crippen MR) is 92.4 cm³/mol. The summed E-state index contributed by atoms with van der Waals surface area (Å²) in [4.78, 5) is 15.2. The first kappa shape index (κ1) is 22.5. The third kappa shape index (κ3) is 5.63. The summed E-state index contributed by atoms with van der Waals surface area (Å²) in [5, 5.41) is 2.82. The van der Waals surface area contributed by atoms with Crippen LogP contribution in [0.3, 0.4) is 0 Å². The zero-order chi connectivity index (χ0) is 21.3. The van der Waals surface area contributed by atoms with Crippen molar-refractivity contribution in [1.82, 2.24) is 10.3 Å². The summed E-state index contributed by atoms with van der Waals surface area (Å²) in [6, 6.07) is -1.40. The molecule has 0 aliphatic heterocycles. The third-order valence-electron chi connectivity index (χ3n) is 3.23. The van der Waals surface area contributed by atoms with E-state index in [0.29, 0.717) is 11.3 Å². The van der Waals surface area contributed by atoms with Crippen LogP contribution in [-0.2, 0) is 12.7 Å². The second-order valence-electron chi connectivity index (χ2n) is 5.32. The number of anilines is 1. The Morgan fingerprint density at radius 2 is 1.75 bits per heavy atom. The summed E-state index contributed by atoms with van der Waals surface area (Å²) in [5.74, 6) is 0. The van der Waals surface area contributed by atoms with E-state index in [1.165, 1.54) is 0 Å². The molecule has 1 atom stereocenters. The number of aromatic nitrogens is 1. The fourth-order valence-corrected chi connectivity index (χ4v) is 3.24. The fraction of sp³-hybridized carbons (Fsp3) is 0.286. The average molecular weight is 467 g/mol. The summed E-state index contributed by atoms with van der Waals surface area (Å²) in [6.07, 6.45) is -8.35. The van der Waals surface area contributed by atoms with Gasteiger partial charge in [-0.15, -0.1) is 11.3 Å². The molecule has 0 fully saturated rings. The Kier molecular flexibility index (Phi) is 6.69. The van der Waals surface area contributed by atoms with Crippen molar-refractivity contribution in [3.05, 3.63) is 43.8 Å². The third-order valence-corrected chi connectivity index (χ3v) is 4.87. The Labute approximate surface area is 167 Å². The Hall–Kier alpha value is -1.76. The standard InChI is InChI=1S/C14H10Cl2F6N4OS/c15-7-1-5(10(23)13(17,18)19)2-8(16)9(7)26-12(27)25-4-6-3-24-11(28-6)14(20,21)22/h1-3,10H,4,23H2,(H2,25,26,27). The lowest BCUT2D eigenvalue weighted by Gasteiger charge is -2.18. The van der Waals surface area contributed by atoms with Crippen LogP contribution in [0.2, 0.25) is 10.0 Å². The molecule has 2 rings (SSSR count). The van der Waals surface area contributed by atoms with Gasteiger partial charge in [-0.05, 0) is 17.7 Å². The van der Waals surface area contributed by atoms with Crippen molar-refractivity contribution in [1.29, 1.82) is 0 Å². The van der Waals surface area contributed by atoms with Gasteiger partial charge in [-0.1, -0.05) is 23.2 Å². The molecule has 0 aliphatic carbocycles. The van der Waals surface area contributed by atoms with Gasteiger partial charge < -0.3 is 16.4 Å². The van der Waals surface area contributed by atoms with Gasteiger partial charge in [-0.2, -0.15) is 26.3 Å². The molecule has 4 N–H and O–H groups in total. The topological polar surface area (TPSA) is 80.0 Å². The lowest BCUT2D eigenvalue weighted by Crippen LogP contribution is -2.29. The summed E-state index contributed by atoms with van der Waals surface area (Å²) in [5.41, 5.74) is 4.49. The Morgan fingerprint density at radius 1 is 1.18 bits per heavy atom. The van der Waals surface area contributed by atoms with Gasteiger partial charge in [0.25, 0.3) is 0 Å². The quantitative estimate of drug-likeness (QED) is 0.531. The molecule has 1 unspecified atom stereocenters. The first-order chi connectivity index (χ1) is 12.8. The molecule has 0 saturated heterocycles. The second kappa shape index (κ2) is 8.31. The number of nitrogens with one attached hydrogen (secondary N) is 2. The number of rotatable bonds is 4. The normalized spacial score (nSPS) is 13.3. The number of hydrogen-bond donors (Lipinski definition) is 3. The lowest BCUT2D eigenvalue weighted by molar-refractivity contribution is -0.149. The maximum absolute atomic E-state index is 12.7. The average Bonchev–Trinajstić information content (AvgIpc) is 3.04. The van der Waals surface area contributed by atoms with Crippen molar-refractivity contribution in [2.45, 2.75) is 24.9 Å². The molecule has 0 aliphatic rings. The SMILES string of the molecule is NC(c1cc(Cl)c(NC(=O)NCc2cnc(C(F)(F)F)s2)c(Cl)c1)C(F)(F)F. The molecule has 0 bridgehead atoms. The summed E-state index contributed by atoms with van der Waals surface area (Å²) >= 11 is 12.1. The lowest BCUT2D eigenvalue weighted by atomic mass is 10.1. The fourth-order valence-electron chi connectivity index (χ4n) is 1.93. The zero-order valence-electron chi connectivity index (χ0n) is 13.4. The molecule has 5 nitrogen and oxygen atoms in total. The van der Waals surface area contributed by atoms with Crippen molar-refractivity contribution in [3.8, 4) is 0 Å². The van der Waals surface area contributed by atoms with Crippen molar-refractivity contribution in [3.63, 3.8) is 0 Å². The van der Waals surface area contributed by atoms with E-state index in [0.717, 1.165) is 18.3 Å². The molecular weight excluding hydrogens is 457 g/mol. The molecule has 28 heavy (non-hydrogen) atoms. The Morgan fingerprint density at radius 3 is 2.21 bits per heavy atom. The van der Waals surface area contributed by atoms with E-state index in [1.54, 1.807) is 0 Å². The minimum atomic E-state index is -4.72. The van der Waals surface area contributed by atoms with Gasteiger partial charge in [0, 0.05) is 11.1 Å². The molecule has 1 heterocycles. The second-order valence-corrected chi connectivity index (χ2v) is 7.25. The van der Waals surface area contributed by atoms with E-state index in [-0.39, 0.29) is 27.2 Å². The van der Waals surface area contributed by atoms with E-state index in [1.807, 2.05) is 0 Å². The van der Waals surface area contributed by atoms with Gasteiger partial charge in [0.05, 0.1) is 22.3 Å². The van der Waals surface area contributed by atoms with Gasteiger partial charge in [0.2, 0.25) is 0 Å². The highest BCUT2D eigenvalue weighted by Gasteiger charge is 2.38. The highest BCUT2D eigenvalue weighted by Crippen LogP contribution is 2.38. The van der Waals surface area contributed by atoms with Crippen LogP contribution in [0.15, 0.2) is 18.3 Å². The van der Waals surface area contributed by atoms with E-state index < -0.39 is 35.0 Å². The number of thiazole rings is 1. The van der Waals surface area contributed by atoms with Gasteiger partial charge in [-0.3, -0.25) is 0 Å². The van der Waals surface area contributed by atoms with Crippen LogP contribution in [0, 0.1) is 0 Å². The summed E-state index contributed by atoms with van der Waals surface area (Å²) < 4.78 is 75.5. The van der Waals surface area contributed by atoms with Gasteiger partial charge in [0.1, 0.15) is 6.04 Å². The number of carbonyl (C=O) groups is 1. The monoisotopic (exact) mass is 466 g/mol. The Balaban J connectivity index is 2.05. The minimum Gasteiger partial charge on any atom is -0.333 e. The van der Waals surface area contributed by atoms with Crippen LogP contribution >= 0.6 is 34.5 Å². The number of urea groups is 1. The van der Waals surface area contributed by atoms with E-state index >= 15 is 0 Å². The van der Waals surface area contributed by atoms with Crippen LogP contribution in [0.25, 0.3) is 0 Å². The molecule has 154 valence electrons. The van der Waals surface area contributed by atoms with Crippen molar-refractivity contribution < 1.29 is 31.1 Å². The van der Waals surface area contributed by atoms with Gasteiger partial charge >= 0.3 is 18.4 Å². The van der Waals surface area contributed by atoms with Gasteiger partial charge in [-0.25, -0.2) is 9.78 Å². The molecular formula is C14H10Cl2F6N4OS. The molecule has 0 spiro atoms. The number of hydrogen-bond acceptors (Lipinski definition) is 4. The smallest absolute Gasteiger partial charge is 0.333 e. The first-order valence-corrected chi connectivity index (χ1v) is 8.74. The molecule has 2 amide bonds. The summed E-state index contributed by atoms with van der Waals surface area (Å²) in [6.45, 7) is -0.272. The van der Waals surface area contributed by atoms with E-state index in [2.05, 4.69) is 15.6 Å². The molecule has 14 heteroatoms. The van der Waals surface area contributed by atoms with Crippen LogP contribution in [-0.4, -0.2) is 17.2 Å². The number of benzene rings is 1. The van der Waals surface area contributed by atoms with Gasteiger partial charge in [0.15, 0.2) is 5.01 Å². The van der Waals surface area contributed by atoms with Crippen LogP contribution in [0.4, 0.5) is 36.8 Å². The molecule has 0 radical (unpaired) electrons. The van der Waals surface area contributed by atoms with E-state index in [4.69, 9.17) is 28.9 Å². The van der Waals surface area contributed by atoms with Crippen molar-refractivity contribution in [2.24, 2.45) is 5.73 Å². The predicted octanol–water partition coefficient (Wildman–Crippen LogP) is 5.35. The maximum Gasteiger partial charge on any atom is 0.443 e. The highest BCUT2D eigenvalue weighted by molar-refractivity contribution is 7.11.